The maximum absolute atomic E-state index is 5.79. The molecule has 0 radical (unpaired) electrons. The summed E-state index contributed by atoms with van der Waals surface area (Å²) in [4.78, 5) is 2.45. The molecule has 1 saturated heterocycles. The maximum Gasteiger partial charge on any atom is 0.0828 e. The van der Waals surface area contributed by atoms with E-state index in [4.69, 9.17) is 4.74 Å². The van der Waals surface area contributed by atoms with Gasteiger partial charge in [-0.2, -0.15) is 0 Å². The molecule has 0 spiro atoms. The number of hydrogen-bond acceptors (Lipinski definition) is 2. The molecule has 84 valence electrons. The van der Waals surface area contributed by atoms with Crippen LogP contribution in [0, 0.1) is 5.92 Å². The first-order valence-electron chi connectivity index (χ1n) is 5.99. The van der Waals surface area contributed by atoms with E-state index >= 15 is 0 Å². The molecule has 0 amide bonds. The molecule has 0 aromatic carbocycles. The highest BCUT2D eigenvalue weighted by Gasteiger charge is 2.28. The summed E-state index contributed by atoms with van der Waals surface area (Å²) in [6.07, 6.45) is 3.00. The molecule has 14 heavy (non-hydrogen) atoms. The van der Waals surface area contributed by atoms with Crippen LogP contribution >= 0.6 is 0 Å². The lowest BCUT2D eigenvalue weighted by Gasteiger charge is -2.41. The maximum atomic E-state index is 5.79. The fourth-order valence-corrected chi connectivity index (χ4v) is 1.64. The number of hydrogen-bond donors (Lipinski definition) is 0. The van der Waals surface area contributed by atoms with E-state index in [1.54, 1.807) is 0 Å². The highest BCUT2D eigenvalue weighted by Crippen LogP contribution is 2.16. The molecule has 1 rings (SSSR count). The summed E-state index contributed by atoms with van der Waals surface area (Å²) in [5, 5.41) is 0. The van der Waals surface area contributed by atoms with Crippen LogP contribution in [-0.2, 0) is 4.74 Å². The van der Waals surface area contributed by atoms with Gasteiger partial charge in [-0.3, -0.25) is 4.90 Å². The van der Waals surface area contributed by atoms with Crippen molar-refractivity contribution in [1.82, 2.24) is 4.90 Å². The molecule has 1 aliphatic rings. The Morgan fingerprint density at radius 1 is 1.29 bits per heavy atom. The van der Waals surface area contributed by atoms with Gasteiger partial charge in [-0.15, -0.1) is 0 Å². The summed E-state index contributed by atoms with van der Waals surface area (Å²) in [7, 11) is 0. The van der Waals surface area contributed by atoms with Gasteiger partial charge in [0, 0.05) is 25.7 Å². The predicted octanol–water partition coefficient (Wildman–Crippen LogP) is 2.53. The van der Waals surface area contributed by atoms with Crippen molar-refractivity contribution in [2.75, 3.05) is 19.7 Å². The zero-order valence-electron chi connectivity index (χ0n) is 10.1. The van der Waals surface area contributed by atoms with Crippen molar-refractivity contribution in [2.24, 2.45) is 5.92 Å². The van der Waals surface area contributed by atoms with Crippen molar-refractivity contribution < 1.29 is 4.74 Å². The van der Waals surface area contributed by atoms with E-state index in [0.29, 0.717) is 12.1 Å². The fourth-order valence-electron chi connectivity index (χ4n) is 1.64. The average Bonchev–Trinajstić information content (AvgIpc) is 2.07. The van der Waals surface area contributed by atoms with Gasteiger partial charge in [0.05, 0.1) is 6.10 Å². The average molecular weight is 199 g/mol. The van der Waals surface area contributed by atoms with E-state index in [1.165, 1.54) is 12.8 Å². The molecular weight excluding hydrogens is 174 g/mol. The van der Waals surface area contributed by atoms with Gasteiger partial charge in [0.1, 0.15) is 0 Å². The van der Waals surface area contributed by atoms with Crippen molar-refractivity contribution in [2.45, 2.75) is 52.7 Å². The molecule has 2 nitrogen and oxygen atoms in total. The lowest BCUT2D eigenvalue weighted by atomic mass is 10.1. The molecule has 0 aliphatic carbocycles. The van der Waals surface area contributed by atoms with Gasteiger partial charge >= 0.3 is 0 Å². The highest BCUT2D eigenvalue weighted by molar-refractivity contribution is 4.82. The van der Waals surface area contributed by atoms with E-state index < -0.39 is 0 Å². The molecule has 1 unspecified atom stereocenters. The van der Waals surface area contributed by atoms with Crippen molar-refractivity contribution in [1.29, 1.82) is 0 Å². The zero-order valence-corrected chi connectivity index (χ0v) is 10.1. The summed E-state index contributed by atoms with van der Waals surface area (Å²) >= 11 is 0. The molecule has 1 fully saturated rings. The lowest BCUT2D eigenvalue weighted by molar-refractivity contribution is -0.0690. The second kappa shape index (κ2) is 5.72. The van der Waals surface area contributed by atoms with Gasteiger partial charge in [0.15, 0.2) is 0 Å². The molecule has 0 aromatic rings. The minimum Gasteiger partial charge on any atom is -0.376 e. The summed E-state index contributed by atoms with van der Waals surface area (Å²) in [5.41, 5.74) is 0. The minimum atomic E-state index is 0.515. The third kappa shape index (κ3) is 3.58. The number of rotatable bonds is 6. The van der Waals surface area contributed by atoms with Crippen LogP contribution in [0.25, 0.3) is 0 Å². The summed E-state index contributed by atoms with van der Waals surface area (Å²) in [5.74, 6) is 0.816. The SMILES string of the molecule is CCC(C)CCOC1CN(C(C)C)C1. The Morgan fingerprint density at radius 2 is 1.93 bits per heavy atom. The second-order valence-electron chi connectivity index (χ2n) is 4.84. The van der Waals surface area contributed by atoms with Gasteiger partial charge in [0.25, 0.3) is 0 Å². The molecule has 1 aliphatic heterocycles. The molecule has 0 aromatic heterocycles. The Bertz CT molecular complexity index is 152. The Morgan fingerprint density at radius 3 is 2.43 bits per heavy atom. The predicted molar refractivity (Wildman–Crippen MR) is 60.5 cm³/mol. The highest BCUT2D eigenvalue weighted by atomic mass is 16.5. The zero-order chi connectivity index (χ0) is 10.6. The normalized spacial score (nSPS) is 21.2. The first kappa shape index (κ1) is 12.0. The smallest absolute Gasteiger partial charge is 0.0828 e. The minimum absolute atomic E-state index is 0.515. The van der Waals surface area contributed by atoms with Crippen LogP contribution in [0.1, 0.15) is 40.5 Å². The third-order valence-electron chi connectivity index (χ3n) is 3.27. The van der Waals surface area contributed by atoms with Gasteiger partial charge < -0.3 is 4.74 Å². The van der Waals surface area contributed by atoms with Crippen LogP contribution in [0.4, 0.5) is 0 Å². The number of nitrogens with zero attached hydrogens (tertiary/aromatic N) is 1. The summed E-state index contributed by atoms with van der Waals surface area (Å²) in [6.45, 7) is 12.3. The van der Waals surface area contributed by atoms with E-state index in [-0.39, 0.29) is 0 Å². The first-order chi connectivity index (χ1) is 6.63. The molecule has 1 heterocycles. The Labute approximate surface area is 88.6 Å². The van der Waals surface area contributed by atoms with Crippen molar-refractivity contribution >= 4 is 0 Å². The lowest BCUT2D eigenvalue weighted by Crippen LogP contribution is -2.55. The van der Waals surface area contributed by atoms with Gasteiger partial charge in [-0.05, 0) is 26.2 Å². The van der Waals surface area contributed by atoms with Gasteiger partial charge in [0.2, 0.25) is 0 Å². The van der Waals surface area contributed by atoms with Crippen LogP contribution in [0.3, 0.4) is 0 Å². The fraction of sp³-hybridized carbons (Fsp3) is 1.00. The Hall–Kier alpha value is -0.0800. The molecule has 0 N–H and O–H groups in total. The van der Waals surface area contributed by atoms with Crippen molar-refractivity contribution in [3.8, 4) is 0 Å². The van der Waals surface area contributed by atoms with E-state index in [9.17, 15) is 0 Å². The first-order valence-corrected chi connectivity index (χ1v) is 5.99. The van der Waals surface area contributed by atoms with Crippen LogP contribution in [0.2, 0.25) is 0 Å². The monoisotopic (exact) mass is 199 g/mol. The summed E-state index contributed by atoms with van der Waals surface area (Å²) < 4.78 is 5.79. The Balaban J connectivity index is 1.96. The van der Waals surface area contributed by atoms with Crippen LogP contribution in [0.5, 0.6) is 0 Å². The third-order valence-corrected chi connectivity index (χ3v) is 3.27. The Kier molecular flexibility index (Phi) is 4.90. The largest absolute Gasteiger partial charge is 0.376 e. The van der Waals surface area contributed by atoms with E-state index in [1.807, 2.05) is 0 Å². The number of ether oxygens (including phenoxy) is 1. The van der Waals surface area contributed by atoms with Gasteiger partial charge in [-0.1, -0.05) is 20.3 Å². The molecular formula is C12H25NO. The van der Waals surface area contributed by atoms with Crippen LogP contribution in [-0.4, -0.2) is 36.7 Å². The number of likely N-dealkylation sites (tertiary alicyclic amines) is 1. The molecule has 1 atom stereocenters. The van der Waals surface area contributed by atoms with Gasteiger partial charge in [-0.25, -0.2) is 0 Å². The van der Waals surface area contributed by atoms with Crippen molar-refractivity contribution in [3.05, 3.63) is 0 Å². The molecule has 2 heteroatoms. The summed E-state index contributed by atoms with van der Waals surface area (Å²) in [6, 6.07) is 0.685. The van der Waals surface area contributed by atoms with Crippen molar-refractivity contribution in [3.63, 3.8) is 0 Å². The second-order valence-corrected chi connectivity index (χ2v) is 4.84. The van der Waals surface area contributed by atoms with Crippen LogP contribution < -0.4 is 0 Å². The molecule has 0 saturated carbocycles. The quantitative estimate of drug-likeness (QED) is 0.652. The van der Waals surface area contributed by atoms with Crippen LogP contribution in [0.15, 0.2) is 0 Å². The topological polar surface area (TPSA) is 12.5 Å². The molecule has 0 bridgehead atoms. The standard InChI is InChI=1S/C12H25NO/c1-5-11(4)6-7-14-12-8-13(9-12)10(2)3/h10-12H,5-9H2,1-4H3. The van der Waals surface area contributed by atoms with E-state index in [2.05, 4.69) is 32.6 Å². The van der Waals surface area contributed by atoms with E-state index in [0.717, 1.165) is 25.6 Å².